The number of rotatable bonds is 6. The maximum Gasteiger partial charge on any atom is 0.129 e. The molecule has 1 saturated carbocycles. The van der Waals surface area contributed by atoms with Gasteiger partial charge in [0.05, 0.1) is 23.6 Å². The van der Waals surface area contributed by atoms with Crippen LogP contribution >= 0.6 is 0 Å². The first kappa shape index (κ1) is 17.5. The van der Waals surface area contributed by atoms with Gasteiger partial charge in [0.25, 0.3) is 0 Å². The molecular formula is C19H32N4O. The van der Waals surface area contributed by atoms with Crippen LogP contribution in [0.3, 0.4) is 0 Å². The maximum atomic E-state index is 5.84. The largest absolute Gasteiger partial charge is 0.384 e. The molecular weight excluding hydrogens is 300 g/mol. The van der Waals surface area contributed by atoms with Crippen molar-refractivity contribution in [3.05, 3.63) is 17.8 Å². The third-order valence-electron chi connectivity index (χ3n) is 5.19. The number of hydrogen-bond donors (Lipinski definition) is 2. The van der Waals surface area contributed by atoms with E-state index in [1.807, 2.05) is 0 Å². The highest BCUT2D eigenvalue weighted by Crippen LogP contribution is 2.29. The lowest BCUT2D eigenvalue weighted by Gasteiger charge is -2.36. The van der Waals surface area contributed by atoms with E-state index in [9.17, 15) is 0 Å². The quantitative estimate of drug-likeness (QED) is 0.784. The summed E-state index contributed by atoms with van der Waals surface area (Å²) in [7, 11) is 0. The number of ether oxygens (including phenoxy) is 1. The zero-order chi connectivity index (χ0) is 17.1. The van der Waals surface area contributed by atoms with Crippen LogP contribution in [-0.4, -0.2) is 42.9 Å². The van der Waals surface area contributed by atoms with Crippen molar-refractivity contribution in [3.63, 3.8) is 0 Å². The van der Waals surface area contributed by atoms with E-state index in [0.29, 0.717) is 6.04 Å². The second-order valence-corrected chi connectivity index (χ2v) is 7.63. The number of aryl methyl sites for hydroxylation is 1. The molecule has 2 fully saturated rings. The molecule has 1 aromatic rings. The standard InChI is InChI=1S/C19H32N4O/c1-13-11-23(12-14(2)24-13)19-7-6-18(15(3)22-19)21-8-4-5-16-9-17(20)10-16/h6-7,13-14,16-17,21H,4-5,8-12,20H2,1-3H3. The number of aromatic nitrogens is 1. The summed E-state index contributed by atoms with van der Waals surface area (Å²) in [4.78, 5) is 7.14. The van der Waals surface area contributed by atoms with Crippen LogP contribution in [0.2, 0.25) is 0 Å². The summed E-state index contributed by atoms with van der Waals surface area (Å²) in [6, 6.07) is 4.76. The summed E-state index contributed by atoms with van der Waals surface area (Å²) < 4.78 is 5.81. The van der Waals surface area contributed by atoms with Gasteiger partial charge in [0, 0.05) is 25.7 Å². The minimum absolute atomic E-state index is 0.258. The smallest absolute Gasteiger partial charge is 0.129 e. The lowest BCUT2D eigenvalue weighted by atomic mass is 9.78. The molecule has 134 valence electrons. The topological polar surface area (TPSA) is 63.4 Å². The Balaban J connectivity index is 1.49. The van der Waals surface area contributed by atoms with Crippen LogP contribution in [0.25, 0.3) is 0 Å². The van der Waals surface area contributed by atoms with E-state index in [1.54, 1.807) is 0 Å². The first-order valence-electron chi connectivity index (χ1n) is 9.38. The summed E-state index contributed by atoms with van der Waals surface area (Å²) in [6.45, 7) is 9.17. The molecule has 2 unspecified atom stereocenters. The molecule has 3 rings (SSSR count). The fourth-order valence-corrected chi connectivity index (χ4v) is 3.91. The van der Waals surface area contributed by atoms with Crippen molar-refractivity contribution in [2.24, 2.45) is 11.7 Å². The Morgan fingerprint density at radius 1 is 1.25 bits per heavy atom. The second kappa shape index (κ2) is 7.70. The van der Waals surface area contributed by atoms with Gasteiger partial charge >= 0.3 is 0 Å². The summed E-state index contributed by atoms with van der Waals surface area (Å²) in [5.74, 6) is 1.91. The Morgan fingerprint density at radius 3 is 2.58 bits per heavy atom. The number of nitrogens with zero attached hydrogens (tertiary/aromatic N) is 2. The summed E-state index contributed by atoms with van der Waals surface area (Å²) in [6.07, 6.45) is 5.44. The van der Waals surface area contributed by atoms with Crippen LogP contribution < -0.4 is 16.0 Å². The van der Waals surface area contributed by atoms with Crippen LogP contribution in [0, 0.1) is 12.8 Å². The van der Waals surface area contributed by atoms with Crippen molar-refractivity contribution in [2.75, 3.05) is 29.9 Å². The third-order valence-corrected chi connectivity index (χ3v) is 5.19. The molecule has 2 aliphatic rings. The van der Waals surface area contributed by atoms with Gasteiger partial charge in [0.1, 0.15) is 5.82 Å². The Bertz CT molecular complexity index is 534. The summed E-state index contributed by atoms with van der Waals surface area (Å²) >= 11 is 0. The zero-order valence-corrected chi connectivity index (χ0v) is 15.3. The van der Waals surface area contributed by atoms with Gasteiger partial charge in [-0.15, -0.1) is 0 Å². The molecule has 1 saturated heterocycles. The minimum Gasteiger partial charge on any atom is -0.384 e. The molecule has 2 atom stereocenters. The zero-order valence-electron chi connectivity index (χ0n) is 15.3. The molecule has 0 aromatic carbocycles. The molecule has 1 aliphatic heterocycles. The molecule has 2 heterocycles. The van der Waals surface area contributed by atoms with E-state index in [-0.39, 0.29) is 12.2 Å². The molecule has 5 heteroatoms. The molecule has 0 radical (unpaired) electrons. The molecule has 1 aromatic heterocycles. The highest BCUT2D eigenvalue weighted by atomic mass is 16.5. The molecule has 0 bridgehead atoms. The molecule has 24 heavy (non-hydrogen) atoms. The Labute approximate surface area is 146 Å². The van der Waals surface area contributed by atoms with Crippen LogP contribution in [0.5, 0.6) is 0 Å². The molecule has 0 spiro atoms. The number of anilines is 2. The summed E-state index contributed by atoms with van der Waals surface area (Å²) in [5, 5.41) is 3.54. The third kappa shape index (κ3) is 4.39. The average Bonchev–Trinajstić information content (AvgIpc) is 2.49. The first-order chi connectivity index (χ1) is 11.5. The van der Waals surface area contributed by atoms with E-state index in [2.05, 4.69) is 43.1 Å². The van der Waals surface area contributed by atoms with Crippen molar-refractivity contribution in [2.45, 2.75) is 64.7 Å². The number of morpholine rings is 1. The van der Waals surface area contributed by atoms with Gasteiger partial charge in [-0.1, -0.05) is 0 Å². The van der Waals surface area contributed by atoms with E-state index >= 15 is 0 Å². The van der Waals surface area contributed by atoms with Gasteiger partial charge in [0.2, 0.25) is 0 Å². The Morgan fingerprint density at radius 2 is 1.96 bits per heavy atom. The van der Waals surface area contributed by atoms with Crippen molar-refractivity contribution >= 4 is 11.5 Å². The highest BCUT2D eigenvalue weighted by Gasteiger charge is 2.25. The number of nitrogens with one attached hydrogen (secondary N) is 1. The van der Waals surface area contributed by atoms with Gasteiger partial charge in [-0.2, -0.15) is 0 Å². The predicted octanol–water partition coefficient (Wildman–Crippen LogP) is 2.93. The first-order valence-corrected chi connectivity index (χ1v) is 9.38. The molecule has 1 aliphatic carbocycles. The average molecular weight is 332 g/mol. The van der Waals surface area contributed by atoms with E-state index in [1.165, 1.54) is 25.7 Å². The summed E-state index contributed by atoms with van der Waals surface area (Å²) in [5.41, 5.74) is 8.07. The fraction of sp³-hybridized carbons (Fsp3) is 0.737. The lowest BCUT2D eigenvalue weighted by Crippen LogP contribution is -2.45. The van der Waals surface area contributed by atoms with E-state index < -0.39 is 0 Å². The SMILES string of the molecule is Cc1nc(N2CC(C)OC(C)C2)ccc1NCCCC1CC(N)C1. The van der Waals surface area contributed by atoms with Gasteiger partial charge < -0.3 is 20.7 Å². The minimum atomic E-state index is 0.258. The normalized spacial score (nSPS) is 30.1. The van der Waals surface area contributed by atoms with Crippen LogP contribution in [0.4, 0.5) is 11.5 Å². The van der Waals surface area contributed by atoms with Crippen LogP contribution in [0.1, 0.15) is 45.2 Å². The fourth-order valence-electron chi connectivity index (χ4n) is 3.91. The molecule has 5 nitrogen and oxygen atoms in total. The second-order valence-electron chi connectivity index (χ2n) is 7.63. The van der Waals surface area contributed by atoms with E-state index in [0.717, 1.165) is 42.8 Å². The van der Waals surface area contributed by atoms with E-state index in [4.69, 9.17) is 15.5 Å². The molecule has 3 N–H and O–H groups in total. The highest BCUT2D eigenvalue weighted by molar-refractivity contribution is 5.53. The lowest BCUT2D eigenvalue weighted by molar-refractivity contribution is -0.00546. The predicted molar refractivity (Wildman–Crippen MR) is 99.6 cm³/mol. The van der Waals surface area contributed by atoms with Gasteiger partial charge in [-0.3, -0.25) is 0 Å². The monoisotopic (exact) mass is 332 g/mol. The Hall–Kier alpha value is -1.33. The van der Waals surface area contributed by atoms with Crippen LogP contribution in [0.15, 0.2) is 12.1 Å². The van der Waals surface area contributed by atoms with Crippen molar-refractivity contribution < 1.29 is 4.74 Å². The molecule has 0 amide bonds. The van der Waals surface area contributed by atoms with Gasteiger partial charge in [-0.05, 0) is 64.5 Å². The van der Waals surface area contributed by atoms with Crippen LogP contribution in [-0.2, 0) is 4.74 Å². The van der Waals surface area contributed by atoms with Crippen molar-refractivity contribution in [3.8, 4) is 0 Å². The number of hydrogen-bond acceptors (Lipinski definition) is 5. The maximum absolute atomic E-state index is 5.84. The number of pyridine rings is 1. The number of nitrogens with two attached hydrogens (primary N) is 1. The van der Waals surface area contributed by atoms with Crippen molar-refractivity contribution in [1.29, 1.82) is 0 Å². The van der Waals surface area contributed by atoms with Gasteiger partial charge in [0.15, 0.2) is 0 Å². The van der Waals surface area contributed by atoms with Gasteiger partial charge in [-0.25, -0.2) is 4.98 Å². The van der Waals surface area contributed by atoms with Crippen molar-refractivity contribution in [1.82, 2.24) is 4.98 Å². The Kier molecular flexibility index (Phi) is 5.61.